The van der Waals surface area contributed by atoms with Gasteiger partial charge in [0.2, 0.25) is 0 Å². The predicted octanol–water partition coefficient (Wildman–Crippen LogP) is 2.56. The van der Waals surface area contributed by atoms with E-state index in [-0.39, 0.29) is 24.1 Å². The van der Waals surface area contributed by atoms with E-state index in [0.29, 0.717) is 17.8 Å². The molecule has 1 saturated carbocycles. The van der Waals surface area contributed by atoms with Gasteiger partial charge in [0, 0.05) is 18.4 Å². The predicted molar refractivity (Wildman–Crippen MR) is 67.9 cm³/mol. The lowest BCUT2D eigenvalue weighted by Gasteiger charge is -2.53. The maximum atomic E-state index is 11.8. The molecule has 0 bridgehead atoms. The van der Waals surface area contributed by atoms with Crippen LogP contribution in [0, 0.1) is 23.7 Å². The van der Waals surface area contributed by atoms with Gasteiger partial charge in [0.1, 0.15) is 0 Å². The summed E-state index contributed by atoms with van der Waals surface area (Å²) < 4.78 is 11.8. The molecule has 0 aromatic rings. The highest BCUT2D eigenvalue weighted by Gasteiger charge is 2.53. The summed E-state index contributed by atoms with van der Waals surface area (Å²) in [7, 11) is 0. The number of carbonyl (C=O) groups excluding carboxylic acids is 1. The summed E-state index contributed by atoms with van der Waals surface area (Å²) in [5, 5.41) is 0. The zero-order valence-electron chi connectivity index (χ0n) is 11.2. The molecule has 0 aromatic heterocycles. The first-order valence-corrected chi connectivity index (χ1v) is 7.17. The third-order valence-corrected chi connectivity index (χ3v) is 4.90. The average molecular weight is 250 g/mol. The summed E-state index contributed by atoms with van der Waals surface area (Å²) >= 11 is 0. The van der Waals surface area contributed by atoms with Crippen LogP contribution in [0.15, 0.2) is 12.2 Å². The van der Waals surface area contributed by atoms with Gasteiger partial charge in [-0.3, -0.25) is 4.79 Å². The molecule has 1 heterocycles. The van der Waals surface area contributed by atoms with Crippen molar-refractivity contribution in [2.24, 2.45) is 23.7 Å². The highest BCUT2D eigenvalue weighted by atomic mass is 16.7. The van der Waals surface area contributed by atoms with E-state index < -0.39 is 0 Å². The highest BCUT2D eigenvalue weighted by Crippen LogP contribution is 2.50. The third kappa shape index (κ3) is 1.94. The molecule has 1 aliphatic heterocycles. The summed E-state index contributed by atoms with van der Waals surface area (Å²) in [6, 6.07) is 0. The first-order chi connectivity index (χ1) is 8.68. The molecule has 3 nitrogen and oxygen atoms in total. The monoisotopic (exact) mass is 250 g/mol. The van der Waals surface area contributed by atoms with Crippen LogP contribution in [0.2, 0.25) is 0 Å². The molecule has 2 fully saturated rings. The van der Waals surface area contributed by atoms with Gasteiger partial charge in [0.15, 0.2) is 12.1 Å². The van der Waals surface area contributed by atoms with Crippen LogP contribution < -0.4 is 0 Å². The van der Waals surface area contributed by atoms with Crippen molar-refractivity contribution in [3.05, 3.63) is 12.2 Å². The Morgan fingerprint density at radius 2 is 2.17 bits per heavy atom. The van der Waals surface area contributed by atoms with Gasteiger partial charge >= 0.3 is 0 Å². The van der Waals surface area contributed by atoms with Crippen molar-refractivity contribution in [1.82, 2.24) is 0 Å². The van der Waals surface area contributed by atoms with Gasteiger partial charge in [0.05, 0.1) is 6.10 Å². The summed E-state index contributed by atoms with van der Waals surface area (Å²) in [5.74, 6) is 1.74. The lowest BCUT2D eigenvalue weighted by Crippen LogP contribution is -2.57. The highest BCUT2D eigenvalue weighted by molar-refractivity contribution is 5.93. The number of hydrogen-bond acceptors (Lipinski definition) is 3. The Morgan fingerprint density at radius 1 is 1.33 bits per heavy atom. The summed E-state index contributed by atoms with van der Waals surface area (Å²) in [5.41, 5.74) is 0. The maximum absolute atomic E-state index is 11.8. The number of ketones is 1. The molecular formula is C15H22O3. The Morgan fingerprint density at radius 3 is 2.89 bits per heavy atom. The molecule has 3 heteroatoms. The molecule has 0 N–H and O–H groups in total. The van der Waals surface area contributed by atoms with E-state index in [1.165, 1.54) is 6.42 Å². The minimum atomic E-state index is -0.0413. The average Bonchev–Trinajstić information content (AvgIpc) is 2.40. The molecule has 6 atom stereocenters. The molecule has 0 aromatic carbocycles. The number of rotatable bonds is 2. The standard InChI is InChI=1S/C15H22O3/c1-9-11-6-7-12(16)10(2)14(11)15(9)18-13-5-3-4-8-17-13/h6-7,9-11,13-15H,3-5,8H2,1-2H3/t9-,10-,11+,13?,14+,15+/m1/s1. The van der Waals surface area contributed by atoms with Gasteiger partial charge in [-0.25, -0.2) is 0 Å². The molecule has 100 valence electrons. The van der Waals surface area contributed by atoms with Crippen LogP contribution in [0.1, 0.15) is 33.1 Å². The third-order valence-electron chi connectivity index (χ3n) is 4.90. The van der Waals surface area contributed by atoms with Crippen molar-refractivity contribution in [2.75, 3.05) is 6.61 Å². The first-order valence-electron chi connectivity index (χ1n) is 7.17. The van der Waals surface area contributed by atoms with Gasteiger partial charge in [-0.2, -0.15) is 0 Å². The topological polar surface area (TPSA) is 35.5 Å². The van der Waals surface area contributed by atoms with E-state index in [1.807, 2.05) is 6.92 Å². The molecule has 1 saturated heterocycles. The van der Waals surface area contributed by atoms with Gasteiger partial charge in [-0.05, 0) is 37.2 Å². The van der Waals surface area contributed by atoms with E-state index in [2.05, 4.69) is 13.0 Å². The fourth-order valence-corrected chi connectivity index (χ4v) is 3.67. The fourth-order valence-electron chi connectivity index (χ4n) is 3.67. The van der Waals surface area contributed by atoms with Crippen molar-refractivity contribution < 1.29 is 14.3 Å². The van der Waals surface area contributed by atoms with Gasteiger partial charge in [-0.1, -0.05) is 19.9 Å². The van der Waals surface area contributed by atoms with Gasteiger partial charge in [0.25, 0.3) is 0 Å². The summed E-state index contributed by atoms with van der Waals surface area (Å²) in [6.07, 6.45) is 7.33. The van der Waals surface area contributed by atoms with Crippen LogP contribution in [0.25, 0.3) is 0 Å². The molecule has 0 radical (unpaired) electrons. The van der Waals surface area contributed by atoms with Crippen molar-refractivity contribution >= 4 is 5.78 Å². The van der Waals surface area contributed by atoms with Crippen molar-refractivity contribution in [1.29, 1.82) is 0 Å². The van der Waals surface area contributed by atoms with Gasteiger partial charge in [-0.15, -0.1) is 0 Å². The smallest absolute Gasteiger partial charge is 0.158 e. The maximum Gasteiger partial charge on any atom is 0.158 e. The zero-order chi connectivity index (χ0) is 12.7. The van der Waals surface area contributed by atoms with Crippen LogP contribution >= 0.6 is 0 Å². The number of fused-ring (bicyclic) bond motifs is 1. The number of carbonyl (C=O) groups is 1. The van der Waals surface area contributed by atoms with E-state index in [1.54, 1.807) is 6.08 Å². The summed E-state index contributed by atoms with van der Waals surface area (Å²) in [6.45, 7) is 5.07. The van der Waals surface area contributed by atoms with Crippen molar-refractivity contribution in [2.45, 2.75) is 45.5 Å². The molecule has 18 heavy (non-hydrogen) atoms. The van der Waals surface area contributed by atoms with Crippen molar-refractivity contribution in [3.8, 4) is 0 Å². The zero-order valence-corrected chi connectivity index (χ0v) is 11.2. The molecule has 0 amide bonds. The molecule has 0 spiro atoms. The van der Waals surface area contributed by atoms with Crippen LogP contribution in [0.4, 0.5) is 0 Å². The summed E-state index contributed by atoms with van der Waals surface area (Å²) in [4.78, 5) is 11.8. The lowest BCUT2D eigenvalue weighted by atomic mass is 9.56. The second kappa shape index (κ2) is 4.78. The van der Waals surface area contributed by atoms with E-state index in [9.17, 15) is 4.79 Å². The second-order valence-corrected chi connectivity index (χ2v) is 5.96. The second-order valence-electron chi connectivity index (χ2n) is 5.96. The van der Waals surface area contributed by atoms with Crippen LogP contribution in [-0.2, 0) is 14.3 Å². The molecule has 2 aliphatic carbocycles. The Labute approximate surface area is 109 Å². The van der Waals surface area contributed by atoms with E-state index in [4.69, 9.17) is 9.47 Å². The molecule has 3 aliphatic rings. The Kier molecular flexibility index (Phi) is 3.29. The van der Waals surface area contributed by atoms with Crippen LogP contribution in [0.3, 0.4) is 0 Å². The van der Waals surface area contributed by atoms with E-state index >= 15 is 0 Å². The van der Waals surface area contributed by atoms with Gasteiger partial charge < -0.3 is 9.47 Å². The molecule has 1 unspecified atom stereocenters. The molecule has 3 rings (SSSR count). The normalized spacial score (nSPS) is 47.6. The molecular weight excluding hydrogens is 228 g/mol. The minimum absolute atomic E-state index is 0.0413. The Hall–Kier alpha value is -0.670. The fraction of sp³-hybridized carbons (Fsp3) is 0.800. The SMILES string of the molecule is C[C@@H]1[C@@H]2C=CC(=O)[C@@H](C)[C@@H]2[C@H]1OC1CCCCO1. The largest absolute Gasteiger partial charge is 0.353 e. The van der Waals surface area contributed by atoms with Crippen LogP contribution in [-0.4, -0.2) is 24.8 Å². The lowest BCUT2D eigenvalue weighted by molar-refractivity contribution is -0.249. The number of ether oxygens (including phenoxy) is 2. The first kappa shape index (κ1) is 12.4. The quantitative estimate of drug-likeness (QED) is 0.755. The van der Waals surface area contributed by atoms with E-state index in [0.717, 1.165) is 19.4 Å². The number of allylic oxidation sites excluding steroid dienone is 2. The number of hydrogen-bond donors (Lipinski definition) is 0. The van der Waals surface area contributed by atoms with Crippen LogP contribution in [0.5, 0.6) is 0 Å². The van der Waals surface area contributed by atoms with Crippen molar-refractivity contribution in [3.63, 3.8) is 0 Å². The minimum Gasteiger partial charge on any atom is -0.353 e. The Balaban J connectivity index is 1.66. The Bertz CT molecular complexity index is 357.